The number of nitrogen functional groups attached to an aromatic ring is 1. The molecule has 0 saturated heterocycles. The Bertz CT molecular complexity index is 1370. The lowest BCUT2D eigenvalue weighted by Crippen LogP contribution is -2.41. The topological polar surface area (TPSA) is 120 Å². The van der Waals surface area contributed by atoms with E-state index in [-0.39, 0.29) is 31.1 Å². The van der Waals surface area contributed by atoms with Gasteiger partial charge >= 0.3 is 0 Å². The zero-order valence-electron chi connectivity index (χ0n) is 19.7. The summed E-state index contributed by atoms with van der Waals surface area (Å²) < 4.78 is 37.2. The number of aromatic nitrogens is 6. The number of rotatable bonds is 9. The largest absolute Gasteiger partial charge is 0.494 e. The lowest BCUT2D eigenvalue weighted by atomic mass is 9.80. The fourth-order valence-corrected chi connectivity index (χ4v) is 4.43. The van der Waals surface area contributed by atoms with Gasteiger partial charge < -0.3 is 20.5 Å². The molecule has 186 valence electrons. The second-order valence-corrected chi connectivity index (χ2v) is 9.23. The number of alkyl halides is 1. The number of anilines is 2. The van der Waals surface area contributed by atoms with Gasteiger partial charge in [-0.25, -0.2) is 18.7 Å². The van der Waals surface area contributed by atoms with Crippen LogP contribution in [0.15, 0.2) is 24.5 Å². The van der Waals surface area contributed by atoms with Crippen molar-refractivity contribution in [2.45, 2.75) is 50.4 Å². The average molecular weight is 487 g/mol. The summed E-state index contributed by atoms with van der Waals surface area (Å²) in [7, 11) is 3.22. The second kappa shape index (κ2) is 8.91. The molecular formula is C23H28F2N8O2. The van der Waals surface area contributed by atoms with Crippen molar-refractivity contribution in [3.05, 3.63) is 36.2 Å². The molecule has 4 aromatic rings. The molecule has 1 aromatic carbocycles. The third-order valence-corrected chi connectivity index (χ3v) is 6.55. The highest BCUT2D eigenvalue weighted by atomic mass is 19.1. The number of nitrogens with two attached hydrogens (primary N) is 1. The minimum Gasteiger partial charge on any atom is -0.494 e. The van der Waals surface area contributed by atoms with Gasteiger partial charge in [-0.2, -0.15) is 9.61 Å². The minimum absolute atomic E-state index is 0.0799. The van der Waals surface area contributed by atoms with Gasteiger partial charge in [0, 0.05) is 32.3 Å². The van der Waals surface area contributed by atoms with E-state index in [1.807, 2.05) is 6.20 Å². The van der Waals surface area contributed by atoms with E-state index in [1.54, 1.807) is 22.8 Å². The maximum atomic E-state index is 14.8. The maximum Gasteiger partial charge on any atom is 0.223 e. The summed E-state index contributed by atoms with van der Waals surface area (Å²) in [6.45, 7) is 0.611. The smallest absolute Gasteiger partial charge is 0.223 e. The molecule has 0 radical (unpaired) electrons. The predicted octanol–water partition coefficient (Wildman–Crippen LogP) is 2.53. The van der Waals surface area contributed by atoms with Crippen LogP contribution < -0.4 is 15.4 Å². The number of hydrogen-bond donors (Lipinski definition) is 2. The van der Waals surface area contributed by atoms with Crippen molar-refractivity contribution in [3.8, 4) is 5.75 Å². The number of fused-ring (bicyclic) bond motifs is 3. The van der Waals surface area contributed by atoms with E-state index in [1.165, 1.54) is 23.8 Å². The number of hydrogen-bond acceptors (Lipinski definition) is 8. The van der Waals surface area contributed by atoms with Crippen molar-refractivity contribution in [2.75, 3.05) is 31.3 Å². The monoisotopic (exact) mass is 486 g/mol. The first kappa shape index (κ1) is 23.2. The van der Waals surface area contributed by atoms with Crippen LogP contribution in [-0.2, 0) is 13.0 Å². The van der Waals surface area contributed by atoms with Gasteiger partial charge in [-0.1, -0.05) is 0 Å². The van der Waals surface area contributed by atoms with Gasteiger partial charge in [0.05, 0.1) is 36.5 Å². The Morgan fingerprint density at radius 2 is 2.11 bits per heavy atom. The van der Waals surface area contributed by atoms with Crippen molar-refractivity contribution >= 4 is 28.2 Å². The fraction of sp³-hybridized carbons (Fsp3) is 0.478. The van der Waals surface area contributed by atoms with Crippen LogP contribution in [0.25, 0.3) is 16.6 Å². The van der Waals surface area contributed by atoms with Crippen LogP contribution in [0.1, 0.15) is 31.5 Å². The lowest BCUT2D eigenvalue weighted by Gasteiger charge is -2.36. The summed E-state index contributed by atoms with van der Waals surface area (Å²) in [6.07, 6.45) is 5.40. The molecule has 1 fully saturated rings. The molecule has 3 heterocycles. The standard InChI is InChI=1S/C23H28F2N8O2/c1-31(16-10-27-32(12-16)13-23(34)6-3-7-23)11-14(24)4-5-19-28-21-17-8-15(25)9-18(35-2)20(17)29-22(26)33(21)30-19/h8-10,12,14,34H,3-7,11,13H2,1-2H3,(H2,26,29). The predicted molar refractivity (Wildman–Crippen MR) is 127 cm³/mol. The Kier molecular flexibility index (Phi) is 5.91. The van der Waals surface area contributed by atoms with Gasteiger partial charge in [-0.05, 0) is 31.7 Å². The van der Waals surface area contributed by atoms with E-state index in [2.05, 4.69) is 20.2 Å². The van der Waals surface area contributed by atoms with Crippen LogP contribution in [0.2, 0.25) is 0 Å². The van der Waals surface area contributed by atoms with Gasteiger partial charge in [0.15, 0.2) is 11.5 Å². The molecule has 3 aromatic heterocycles. The highest BCUT2D eigenvalue weighted by Gasteiger charge is 2.35. The number of aliphatic hydroxyl groups is 1. The Labute approximate surface area is 200 Å². The fourth-order valence-electron chi connectivity index (χ4n) is 4.43. The zero-order chi connectivity index (χ0) is 24.7. The van der Waals surface area contributed by atoms with E-state index in [9.17, 15) is 13.9 Å². The van der Waals surface area contributed by atoms with Crippen molar-refractivity contribution < 1.29 is 18.6 Å². The van der Waals surface area contributed by atoms with Gasteiger partial charge in [-0.15, -0.1) is 5.10 Å². The quantitative estimate of drug-likeness (QED) is 0.370. The molecule has 1 atom stereocenters. The van der Waals surface area contributed by atoms with Crippen LogP contribution >= 0.6 is 0 Å². The summed E-state index contributed by atoms with van der Waals surface area (Å²) in [5, 5.41) is 19.4. The molecule has 1 aliphatic rings. The number of halogens is 2. The molecule has 35 heavy (non-hydrogen) atoms. The SMILES string of the molecule is COc1cc(F)cc2c1nc(N)n1nc(CCC(F)CN(C)c3cnn(CC4(O)CCC4)c3)nc21. The molecule has 1 saturated carbocycles. The highest BCUT2D eigenvalue weighted by molar-refractivity contribution is 5.95. The summed E-state index contributed by atoms with van der Waals surface area (Å²) >= 11 is 0. The van der Waals surface area contributed by atoms with Crippen molar-refractivity contribution in [1.82, 2.24) is 29.4 Å². The zero-order valence-corrected chi connectivity index (χ0v) is 19.7. The minimum atomic E-state index is -1.14. The molecule has 10 nitrogen and oxygen atoms in total. The van der Waals surface area contributed by atoms with E-state index < -0.39 is 17.6 Å². The van der Waals surface area contributed by atoms with Crippen LogP contribution in [0.5, 0.6) is 5.75 Å². The van der Waals surface area contributed by atoms with Crippen molar-refractivity contribution in [3.63, 3.8) is 0 Å². The third-order valence-electron chi connectivity index (χ3n) is 6.55. The first-order valence-corrected chi connectivity index (χ1v) is 11.5. The van der Waals surface area contributed by atoms with Crippen LogP contribution in [0, 0.1) is 5.82 Å². The van der Waals surface area contributed by atoms with E-state index >= 15 is 0 Å². The van der Waals surface area contributed by atoms with Crippen LogP contribution in [-0.4, -0.2) is 66.9 Å². The number of nitrogens with zero attached hydrogens (tertiary/aromatic N) is 7. The molecule has 3 N–H and O–H groups in total. The molecule has 0 aliphatic heterocycles. The summed E-state index contributed by atoms with van der Waals surface area (Å²) in [4.78, 5) is 10.5. The molecule has 12 heteroatoms. The van der Waals surface area contributed by atoms with E-state index in [0.29, 0.717) is 28.9 Å². The second-order valence-electron chi connectivity index (χ2n) is 9.23. The summed E-state index contributed by atoms with van der Waals surface area (Å²) in [5.74, 6) is 0.220. The molecular weight excluding hydrogens is 458 g/mol. The first-order valence-electron chi connectivity index (χ1n) is 11.5. The Morgan fingerprint density at radius 3 is 2.83 bits per heavy atom. The molecule has 0 spiro atoms. The van der Waals surface area contributed by atoms with Gasteiger partial charge in [0.25, 0.3) is 0 Å². The molecule has 0 amide bonds. The van der Waals surface area contributed by atoms with E-state index in [0.717, 1.165) is 24.9 Å². The maximum absolute atomic E-state index is 14.8. The summed E-state index contributed by atoms with van der Waals surface area (Å²) in [6, 6.07) is 2.53. The van der Waals surface area contributed by atoms with Gasteiger partial charge in [0.2, 0.25) is 5.95 Å². The number of aryl methyl sites for hydroxylation is 1. The first-order chi connectivity index (χ1) is 16.7. The van der Waals surface area contributed by atoms with Crippen molar-refractivity contribution in [2.24, 2.45) is 0 Å². The van der Waals surface area contributed by atoms with Gasteiger partial charge in [-0.3, -0.25) is 4.68 Å². The molecule has 0 bridgehead atoms. The van der Waals surface area contributed by atoms with Gasteiger partial charge in [0.1, 0.15) is 23.3 Å². The highest BCUT2D eigenvalue weighted by Crippen LogP contribution is 2.33. The Hall–Kier alpha value is -3.54. The lowest BCUT2D eigenvalue weighted by molar-refractivity contribution is -0.0498. The summed E-state index contributed by atoms with van der Waals surface area (Å²) in [5.41, 5.74) is 6.86. The number of methoxy groups -OCH3 is 1. The normalized spacial score (nSPS) is 15.9. The average Bonchev–Trinajstić information content (AvgIpc) is 3.44. The third kappa shape index (κ3) is 4.57. The Balaban J connectivity index is 1.25. The molecule has 1 unspecified atom stereocenters. The van der Waals surface area contributed by atoms with Crippen LogP contribution in [0.4, 0.5) is 20.4 Å². The Morgan fingerprint density at radius 1 is 1.31 bits per heavy atom. The van der Waals surface area contributed by atoms with E-state index in [4.69, 9.17) is 10.5 Å². The molecule has 5 rings (SSSR count). The van der Waals surface area contributed by atoms with Crippen molar-refractivity contribution in [1.29, 1.82) is 0 Å². The molecule has 1 aliphatic carbocycles. The number of benzene rings is 1. The van der Waals surface area contributed by atoms with Crippen LogP contribution in [0.3, 0.4) is 0 Å². The number of ether oxygens (including phenoxy) is 1.